The number of carbonyl (C=O) groups excluding carboxylic acids is 2. The molecule has 1 atom stereocenters. The van der Waals surface area contributed by atoms with Crippen molar-refractivity contribution in [3.05, 3.63) is 99.9 Å². The quantitative estimate of drug-likeness (QED) is 0.603. The maximum absolute atomic E-state index is 12.9. The first-order chi connectivity index (χ1) is 16.0. The summed E-state index contributed by atoms with van der Waals surface area (Å²) in [5.74, 6) is -0.0674. The van der Waals surface area contributed by atoms with Crippen LogP contribution in [0.4, 0.5) is 0 Å². The highest BCUT2D eigenvalue weighted by Crippen LogP contribution is 2.38. The predicted octanol–water partition coefficient (Wildman–Crippen LogP) is 3.50. The Morgan fingerprint density at radius 2 is 1.97 bits per heavy atom. The number of hydrazine groups is 1. The second-order valence-electron chi connectivity index (χ2n) is 7.83. The van der Waals surface area contributed by atoms with E-state index in [1.54, 1.807) is 12.1 Å². The number of hydrogen-bond donors (Lipinski definition) is 2. The minimum Gasteiger partial charge on any atom is -0.468 e. The highest BCUT2D eigenvalue weighted by molar-refractivity contribution is 6.30. The molecule has 1 aliphatic carbocycles. The normalized spacial score (nSPS) is 17.5. The van der Waals surface area contributed by atoms with E-state index in [4.69, 9.17) is 16.3 Å². The van der Waals surface area contributed by atoms with E-state index in [0.717, 1.165) is 16.7 Å². The molecule has 8 nitrogen and oxygen atoms in total. The number of benzene rings is 2. The van der Waals surface area contributed by atoms with Crippen LogP contribution in [-0.4, -0.2) is 38.6 Å². The number of carbonyl (C=O) groups is 2. The molecule has 1 aromatic heterocycles. The molecule has 0 saturated carbocycles. The van der Waals surface area contributed by atoms with Gasteiger partial charge in [-0.15, -0.1) is 5.10 Å². The Morgan fingerprint density at radius 3 is 2.73 bits per heavy atom. The summed E-state index contributed by atoms with van der Waals surface area (Å²) < 4.78 is 5.83. The summed E-state index contributed by atoms with van der Waals surface area (Å²) in [7, 11) is 0. The first kappa shape index (κ1) is 21.0. The van der Waals surface area contributed by atoms with Gasteiger partial charge in [0, 0.05) is 22.9 Å². The number of Topliss-reactive ketones (excluding diaryl/α,β-unsaturated/α-hetero) is 1. The van der Waals surface area contributed by atoms with Gasteiger partial charge in [-0.3, -0.25) is 20.1 Å². The fraction of sp³-hybridized carbons (Fsp3) is 0.167. The van der Waals surface area contributed by atoms with E-state index >= 15 is 0 Å². The minimum absolute atomic E-state index is 0.00108. The maximum atomic E-state index is 12.9. The molecule has 2 N–H and O–H groups in total. The molecule has 2 aromatic carbocycles. The van der Waals surface area contributed by atoms with Gasteiger partial charge in [-0.25, -0.2) is 9.99 Å². The molecule has 2 heterocycles. The highest BCUT2D eigenvalue weighted by atomic mass is 35.5. The van der Waals surface area contributed by atoms with Crippen molar-refractivity contribution < 1.29 is 14.3 Å². The van der Waals surface area contributed by atoms with Gasteiger partial charge >= 0.3 is 5.91 Å². The zero-order chi connectivity index (χ0) is 22.9. The van der Waals surface area contributed by atoms with Gasteiger partial charge in [-0.1, -0.05) is 67.1 Å². The molecule has 33 heavy (non-hydrogen) atoms. The van der Waals surface area contributed by atoms with Gasteiger partial charge in [0.1, 0.15) is 11.5 Å². The number of aromatic nitrogens is 3. The van der Waals surface area contributed by atoms with E-state index in [9.17, 15) is 9.59 Å². The lowest BCUT2D eigenvalue weighted by atomic mass is 9.89. The van der Waals surface area contributed by atoms with Crippen molar-refractivity contribution in [1.29, 1.82) is 0 Å². The van der Waals surface area contributed by atoms with E-state index in [1.165, 1.54) is 5.01 Å². The lowest BCUT2D eigenvalue weighted by molar-refractivity contribution is -0.119. The van der Waals surface area contributed by atoms with Gasteiger partial charge in [0.15, 0.2) is 18.3 Å². The molecule has 2 aliphatic rings. The number of nitrogens with one attached hydrogen (secondary N) is 2. The molecule has 0 radical (unpaired) electrons. The third kappa shape index (κ3) is 4.12. The summed E-state index contributed by atoms with van der Waals surface area (Å²) in [6.07, 6.45) is 2.38. The Hall–Kier alpha value is -3.91. The van der Waals surface area contributed by atoms with Crippen LogP contribution in [0.25, 0.3) is 5.57 Å². The van der Waals surface area contributed by atoms with Crippen LogP contribution in [0, 0.1) is 5.92 Å². The zero-order valence-electron chi connectivity index (χ0n) is 17.7. The van der Waals surface area contributed by atoms with Crippen molar-refractivity contribution in [3.63, 3.8) is 0 Å². The van der Waals surface area contributed by atoms with Crippen LogP contribution in [0.5, 0.6) is 0 Å². The summed E-state index contributed by atoms with van der Waals surface area (Å²) >= 11 is 6.01. The zero-order valence-corrected chi connectivity index (χ0v) is 18.5. The summed E-state index contributed by atoms with van der Waals surface area (Å²) in [4.78, 5) is 30.0. The third-order valence-electron chi connectivity index (χ3n) is 5.47. The van der Waals surface area contributed by atoms with Crippen LogP contribution >= 0.6 is 11.6 Å². The van der Waals surface area contributed by atoms with E-state index in [1.807, 2.05) is 55.5 Å². The average Bonchev–Trinajstić information content (AvgIpc) is 3.45. The van der Waals surface area contributed by atoms with Crippen LogP contribution < -0.4 is 5.43 Å². The van der Waals surface area contributed by atoms with Crippen molar-refractivity contribution in [2.75, 3.05) is 6.73 Å². The number of ketones is 1. The Labute approximate surface area is 194 Å². The molecule has 5 rings (SSSR count). The van der Waals surface area contributed by atoms with Crippen LogP contribution in [0.15, 0.2) is 72.1 Å². The maximum Gasteiger partial charge on any atom is 0.309 e. The molecule has 3 aromatic rings. The van der Waals surface area contributed by atoms with Gasteiger partial charge < -0.3 is 4.74 Å². The Bertz CT molecular complexity index is 1280. The number of ether oxygens (including phenoxy) is 1. The van der Waals surface area contributed by atoms with Gasteiger partial charge in [0.25, 0.3) is 0 Å². The van der Waals surface area contributed by atoms with Crippen molar-refractivity contribution >= 4 is 28.9 Å². The summed E-state index contributed by atoms with van der Waals surface area (Å²) in [6.45, 7) is 1.81. The average molecular weight is 462 g/mol. The van der Waals surface area contributed by atoms with Gasteiger partial charge in [-0.2, -0.15) is 0 Å². The second kappa shape index (κ2) is 8.55. The molecule has 0 fully saturated rings. The van der Waals surface area contributed by atoms with Crippen molar-refractivity contribution in [2.45, 2.75) is 13.3 Å². The molecule has 0 saturated heterocycles. The summed E-state index contributed by atoms with van der Waals surface area (Å²) in [5.41, 5.74) is 5.72. The van der Waals surface area contributed by atoms with E-state index in [0.29, 0.717) is 28.7 Å². The number of nitrogens with zero attached hydrogens (tertiary/aromatic N) is 3. The number of allylic oxidation sites excluding steroid dienone is 3. The Kier molecular flexibility index (Phi) is 5.43. The Morgan fingerprint density at radius 1 is 1.21 bits per heavy atom. The van der Waals surface area contributed by atoms with E-state index in [2.05, 4.69) is 20.6 Å². The topological polar surface area (TPSA) is 100 Å². The smallest absolute Gasteiger partial charge is 0.309 e. The van der Waals surface area contributed by atoms with Crippen LogP contribution in [0.1, 0.15) is 34.5 Å². The molecule has 166 valence electrons. The molecule has 0 unspecified atom stereocenters. The van der Waals surface area contributed by atoms with Crippen LogP contribution in [0.2, 0.25) is 5.02 Å². The standard InChI is InChI=1S/C24H20ClN5O3/c1-14-11-18(16-7-9-17(25)10-8-16)22-20(21(14)31)30(13-33-22)29-24(32)23-26-19(27-28-23)12-15-5-3-2-4-6-15/h2-11,14H,12-13H2,1H3,(H,29,32)(H,26,27,28)/t14-/m0/s1. The fourth-order valence-corrected chi connectivity index (χ4v) is 3.96. The third-order valence-corrected chi connectivity index (χ3v) is 5.72. The van der Waals surface area contributed by atoms with Crippen LogP contribution in [0.3, 0.4) is 0 Å². The molecule has 9 heteroatoms. The molecule has 0 bridgehead atoms. The van der Waals surface area contributed by atoms with Gasteiger partial charge in [0.2, 0.25) is 5.82 Å². The van der Waals surface area contributed by atoms with Crippen molar-refractivity contribution in [2.24, 2.45) is 5.92 Å². The van der Waals surface area contributed by atoms with Gasteiger partial charge in [0.05, 0.1) is 0 Å². The number of hydrogen-bond acceptors (Lipinski definition) is 6. The monoisotopic (exact) mass is 461 g/mol. The molecule has 1 amide bonds. The van der Waals surface area contributed by atoms with E-state index < -0.39 is 5.91 Å². The molecule has 0 spiro atoms. The van der Waals surface area contributed by atoms with Crippen molar-refractivity contribution in [3.8, 4) is 0 Å². The number of amides is 1. The molecular formula is C24H20ClN5O3. The minimum atomic E-state index is -0.536. The second-order valence-corrected chi connectivity index (χ2v) is 8.26. The van der Waals surface area contributed by atoms with E-state index in [-0.39, 0.29) is 24.3 Å². The lowest BCUT2D eigenvalue weighted by Gasteiger charge is -2.23. The summed E-state index contributed by atoms with van der Waals surface area (Å²) in [5, 5.41) is 8.85. The number of H-pyrrole nitrogens is 1. The molecule has 1 aliphatic heterocycles. The number of rotatable bonds is 5. The predicted molar refractivity (Wildman–Crippen MR) is 122 cm³/mol. The largest absolute Gasteiger partial charge is 0.468 e. The SMILES string of the molecule is C[C@H]1C=C(c2ccc(Cl)cc2)C2=C(C1=O)N(NC(=O)c1n[nH]c(Cc3ccccc3)n1)CO2. The van der Waals surface area contributed by atoms with Gasteiger partial charge in [-0.05, 0) is 23.3 Å². The highest BCUT2D eigenvalue weighted by Gasteiger charge is 2.38. The first-order valence-corrected chi connectivity index (χ1v) is 10.8. The van der Waals surface area contributed by atoms with Crippen molar-refractivity contribution in [1.82, 2.24) is 25.6 Å². The fourth-order valence-electron chi connectivity index (χ4n) is 3.83. The lowest BCUT2D eigenvalue weighted by Crippen LogP contribution is -2.43. The van der Waals surface area contributed by atoms with Crippen LogP contribution in [-0.2, 0) is 16.0 Å². The number of halogens is 1. The first-order valence-electron chi connectivity index (χ1n) is 10.4. The number of aromatic amines is 1. The Balaban J connectivity index is 1.35. The molecular weight excluding hydrogens is 442 g/mol. The summed E-state index contributed by atoms with van der Waals surface area (Å²) in [6, 6.07) is 17.1.